The second kappa shape index (κ2) is 8.96. The van der Waals surface area contributed by atoms with E-state index in [4.69, 9.17) is 21.1 Å². The highest BCUT2D eigenvalue weighted by molar-refractivity contribution is 6.30. The highest BCUT2D eigenvalue weighted by Crippen LogP contribution is 2.37. The summed E-state index contributed by atoms with van der Waals surface area (Å²) in [5, 5.41) is 4.97. The van der Waals surface area contributed by atoms with Crippen LogP contribution in [0.3, 0.4) is 0 Å². The van der Waals surface area contributed by atoms with E-state index in [0.717, 1.165) is 42.7 Å². The second-order valence-electron chi connectivity index (χ2n) is 8.58. The normalized spacial score (nSPS) is 22.9. The number of benzene rings is 2. The molecule has 1 spiro atoms. The Balaban J connectivity index is 1.27. The van der Waals surface area contributed by atoms with Gasteiger partial charge in [0, 0.05) is 35.9 Å². The van der Waals surface area contributed by atoms with Crippen LogP contribution < -0.4 is 4.74 Å². The van der Waals surface area contributed by atoms with E-state index in [0.29, 0.717) is 24.7 Å². The van der Waals surface area contributed by atoms with Gasteiger partial charge in [0.2, 0.25) is 0 Å². The highest BCUT2D eigenvalue weighted by Gasteiger charge is 2.45. The van der Waals surface area contributed by atoms with Crippen molar-refractivity contribution < 1.29 is 14.3 Å². The van der Waals surface area contributed by atoms with E-state index in [2.05, 4.69) is 5.10 Å². The first-order valence-electron chi connectivity index (χ1n) is 11.0. The Morgan fingerprint density at radius 2 is 2.03 bits per heavy atom. The lowest BCUT2D eigenvalue weighted by Crippen LogP contribution is -2.50. The Kier molecular flexibility index (Phi) is 5.89. The van der Waals surface area contributed by atoms with Gasteiger partial charge >= 0.3 is 0 Å². The highest BCUT2D eigenvalue weighted by atomic mass is 35.5. The number of nitrogens with zero attached hydrogens (tertiary/aromatic N) is 3. The molecular formula is C25H26ClN3O3. The fourth-order valence-corrected chi connectivity index (χ4v) is 4.87. The van der Waals surface area contributed by atoms with Crippen molar-refractivity contribution in [3.63, 3.8) is 0 Å². The fraction of sp³-hybridized carbons (Fsp3) is 0.360. The van der Waals surface area contributed by atoms with Gasteiger partial charge in [-0.25, -0.2) is 0 Å². The minimum Gasteiger partial charge on any atom is -0.488 e. The van der Waals surface area contributed by atoms with Crippen molar-refractivity contribution in [3.8, 4) is 5.75 Å². The van der Waals surface area contributed by atoms with E-state index in [-0.39, 0.29) is 17.6 Å². The SMILES string of the molecule is O=C(c1ccccc1Cn1cccn1)N1CCC[C@]2(C[C@@H](Oc3ccc(Cl)cc3)CO2)C1. The zero-order valence-corrected chi connectivity index (χ0v) is 18.6. The molecule has 2 aliphatic rings. The smallest absolute Gasteiger partial charge is 0.254 e. The summed E-state index contributed by atoms with van der Waals surface area (Å²) in [6.07, 6.45) is 6.25. The lowest BCUT2D eigenvalue weighted by atomic mass is 9.88. The number of hydrogen-bond donors (Lipinski definition) is 0. The van der Waals surface area contributed by atoms with E-state index in [1.54, 1.807) is 6.20 Å². The molecule has 2 atom stereocenters. The van der Waals surface area contributed by atoms with E-state index < -0.39 is 0 Å². The topological polar surface area (TPSA) is 56.6 Å². The predicted octanol–water partition coefficient (Wildman–Crippen LogP) is 4.43. The van der Waals surface area contributed by atoms with Crippen molar-refractivity contribution >= 4 is 17.5 Å². The minimum absolute atomic E-state index is 0.0293. The van der Waals surface area contributed by atoms with Gasteiger partial charge in [0.05, 0.1) is 25.3 Å². The number of aromatic nitrogens is 2. The van der Waals surface area contributed by atoms with E-state index in [9.17, 15) is 4.79 Å². The van der Waals surface area contributed by atoms with Crippen molar-refractivity contribution in [2.45, 2.75) is 37.5 Å². The van der Waals surface area contributed by atoms with Crippen LogP contribution in [-0.2, 0) is 11.3 Å². The summed E-state index contributed by atoms with van der Waals surface area (Å²) in [7, 11) is 0. The molecule has 0 radical (unpaired) electrons. The number of ether oxygens (including phenoxy) is 2. The number of amides is 1. The Morgan fingerprint density at radius 1 is 1.19 bits per heavy atom. The van der Waals surface area contributed by atoms with Crippen LogP contribution in [0.2, 0.25) is 5.02 Å². The molecule has 2 saturated heterocycles. The Morgan fingerprint density at radius 3 is 2.84 bits per heavy atom. The van der Waals surface area contributed by atoms with Crippen LogP contribution in [0.25, 0.3) is 0 Å². The molecule has 1 amide bonds. The average molecular weight is 452 g/mol. The molecule has 5 rings (SSSR count). The first kappa shape index (κ1) is 21.0. The van der Waals surface area contributed by atoms with Crippen LogP contribution in [-0.4, -0.2) is 52.0 Å². The van der Waals surface area contributed by atoms with Gasteiger partial charge in [-0.05, 0) is 54.8 Å². The van der Waals surface area contributed by atoms with Gasteiger partial charge in [0.15, 0.2) is 0 Å². The van der Waals surface area contributed by atoms with Crippen molar-refractivity contribution in [1.29, 1.82) is 0 Å². The summed E-state index contributed by atoms with van der Waals surface area (Å²) in [5.74, 6) is 0.842. The Bertz CT molecular complexity index is 1070. The summed E-state index contributed by atoms with van der Waals surface area (Å²) in [5.41, 5.74) is 1.35. The third kappa shape index (κ3) is 4.52. The first-order chi connectivity index (χ1) is 15.6. The molecule has 0 saturated carbocycles. The van der Waals surface area contributed by atoms with Crippen LogP contribution in [0.1, 0.15) is 35.2 Å². The maximum Gasteiger partial charge on any atom is 0.254 e. The molecule has 2 aromatic carbocycles. The lowest BCUT2D eigenvalue weighted by Gasteiger charge is -2.39. The summed E-state index contributed by atoms with van der Waals surface area (Å²) in [6, 6.07) is 17.1. The minimum atomic E-state index is -0.345. The molecule has 1 aromatic heterocycles. The predicted molar refractivity (Wildman–Crippen MR) is 122 cm³/mol. The zero-order chi connectivity index (χ0) is 22.0. The quantitative estimate of drug-likeness (QED) is 0.576. The third-order valence-corrected chi connectivity index (χ3v) is 6.51. The van der Waals surface area contributed by atoms with Crippen LogP contribution in [0, 0.1) is 0 Å². The van der Waals surface area contributed by atoms with Crippen LogP contribution in [0.5, 0.6) is 5.75 Å². The molecule has 3 heterocycles. The van der Waals surface area contributed by atoms with Gasteiger partial charge < -0.3 is 14.4 Å². The van der Waals surface area contributed by atoms with Gasteiger partial charge in [-0.3, -0.25) is 9.48 Å². The van der Waals surface area contributed by atoms with Crippen molar-refractivity contribution in [3.05, 3.63) is 83.1 Å². The van der Waals surface area contributed by atoms with Gasteiger partial charge in [-0.15, -0.1) is 0 Å². The summed E-state index contributed by atoms with van der Waals surface area (Å²) < 4.78 is 14.2. The molecule has 2 fully saturated rings. The van der Waals surface area contributed by atoms with E-state index >= 15 is 0 Å². The molecule has 3 aromatic rings. The third-order valence-electron chi connectivity index (χ3n) is 6.26. The number of rotatable bonds is 5. The molecule has 32 heavy (non-hydrogen) atoms. The van der Waals surface area contributed by atoms with Crippen LogP contribution in [0.4, 0.5) is 0 Å². The van der Waals surface area contributed by atoms with Gasteiger partial charge in [-0.2, -0.15) is 5.10 Å². The van der Waals surface area contributed by atoms with Gasteiger partial charge in [-0.1, -0.05) is 29.8 Å². The molecule has 0 unspecified atom stereocenters. The number of piperidine rings is 1. The Hall–Kier alpha value is -2.83. The standard InChI is InChI=1S/C25H26ClN3O3/c26-20-7-9-21(10-8-20)32-22-15-25(31-17-22)11-3-13-28(18-25)24(30)23-6-2-1-5-19(23)16-29-14-4-12-27-29/h1-2,4-10,12,14,22H,3,11,13,15-18H2/t22-,25+/m1/s1. The molecule has 166 valence electrons. The second-order valence-corrected chi connectivity index (χ2v) is 9.02. The van der Waals surface area contributed by atoms with Crippen molar-refractivity contribution in [1.82, 2.24) is 14.7 Å². The van der Waals surface area contributed by atoms with Crippen molar-refractivity contribution in [2.24, 2.45) is 0 Å². The summed E-state index contributed by atoms with van der Waals surface area (Å²) in [4.78, 5) is 15.4. The average Bonchev–Trinajstić information content (AvgIpc) is 3.46. The molecule has 0 N–H and O–H groups in total. The molecule has 0 aliphatic carbocycles. The Labute approximate surface area is 192 Å². The monoisotopic (exact) mass is 451 g/mol. The molecule has 7 heteroatoms. The van der Waals surface area contributed by atoms with Gasteiger partial charge in [0.1, 0.15) is 11.9 Å². The van der Waals surface area contributed by atoms with E-state index in [1.807, 2.05) is 70.4 Å². The van der Waals surface area contributed by atoms with Crippen LogP contribution in [0.15, 0.2) is 67.0 Å². The van der Waals surface area contributed by atoms with E-state index in [1.165, 1.54) is 0 Å². The van der Waals surface area contributed by atoms with Crippen molar-refractivity contribution in [2.75, 3.05) is 19.7 Å². The fourth-order valence-electron chi connectivity index (χ4n) is 4.75. The summed E-state index contributed by atoms with van der Waals surface area (Å²) >= 11 is 5.97. The number of carbonyl (C=O) groups excluding carboxylic acids is 1. The zero-order valence-electron chi connectivity index (χ0n) is 17.8. The van der Waals surface area contributed by atoms with Crippen LogP contribution >= 0.6 is 11.6 Å². The number of hydrogen-bond acceptors (Lipinski definition) is 4. The number of carbonyl (C=O) groups is 1. The lowest BCUT2D eigenvalue weighted by molar-refractivity contribution is -0.0453. The molecule has 2 aliphatic heterocycles. The number of halogens is 1. The molecule has 0 bridgehead atoms. The molecular weight excluding hydrogens is 426 g/mol. The molecule has 6 nitrogen and oxygen atoms in total. The largest absolute Gasteiger partial charge is 0.488 e. The summed E-state index contributed by atoms with van der Waals surface area (Å²) in [6.45, 7) is 2.42. The first-order valence-corrected chi connectivity index (χ1v) is 11.4. The van der Waals surface area contributed by atoms with Gasteiger partial charge in [0.25, 0.3) is 5.91 Å². The maximum absolute atomic E-state index is 13.5. The maximum atomic E-state index is 13.5. The number of likely N-dealkylation sites (tertiary alicyclic amines) is 1.